The number of thiocyanates is 1. The quantitative estimate of drug-likeness (QED) is 0.00497. The van der Waals surface area contributed by atoms with E-state index in [1.165, 1.54) is 39.2 Å². The molecule has 11 aromatic rings. The molecular formula is C98H122Cl8IN19NaO16S-. The molecule has 46 heteroatoms. The summed E-state index contributed by atoms with van der Waals surface area (Å²) < 4.78 is 37.3. The molecule has 2 aliphatic carbocycles. The monoisotopic (exact) mass is 2280 g/mol. The number of nitrogen functional groups attached to an aromatic ring is 2. The van der Waals surface area contributed by atoms with Crippen molar-refractivity contribution >= 4 is 197 Å². The first-order chi connectivity index (χ1) is 67.3. The maximum Gasteiger partial charge on any atom is 1.00 e. The Morgan fingerprint density at radius 1 is 0.472 bits per heavy atom. The average molecular weight is 2290 g/mol. The van der Waals surface area contributed by atoms with Crippen LogP contribution in [0.15, 0.2) is 77.7 Å². The molecule has 0 spiro atoms. The van der Waals surface area contributed by atoms with Crippen molar-refractivity contribution < 1.29 is 129 Å². The molecule has 0 atom stereocenters. The number of aromatic carboxylic acids is 1. The van der Waals surface area contributed by atoms with Gasteiger partial charge >= 0.3 is 75.4 Å². The zero-order valence-electron chi connectivity index (χ0n) is 84.8. The number of imidazole rings is 3. The Kier molecular flexibility index (Phi) is 49.1. The van der Waals surface area contributed by atoms with Crippen LogP contribution in [-0.4, -0.2) is 167 Å². The molecule has 144 heavy (non-hydrogen) atoms. The third-order valence-electron chi connectivity index (χ3n) is 20.8. The van der Waals surface area contributed by atoms with E-state index in [0.29, 0.717) is 170 Å². The Balaban J connectivity index is 0.000000320. The Bertz CT molecular complexity index is 6420. The Morgan fingerprint density at radius 3 is 1.07 bits per heavy atom. The zero-order chi connectivity index (χ0) is 106. The summed E-state index contributed by atoms with van der Waals surface area (Å²) >= 11 is 52.1. The Morgan fingerprint density at radius 2 is 0.771 bits per heavy atom. The first-order valence-corrected chi connectivity index (χ1v) is 51.0. The summed E-state index contributed by atoms with van der Waals surface area (Å²) in [5.41, 5.74) is 22.9. The number of thioether (sulfide) groups is 1. The second-order valence-corrected chi connectivity index (χ2v) is 40.1. The molecule has 2 saturated carbocycles. The van der Waals surface area contributed by atoms with Crippen LogP contribution in [0.2, 0.25) is 40.2 Å². The number of nitrogens with two attached hydrogens (primary N) is 3. The third kappa shape index (κ3) is 36.4. The SMILES string of the molecule is CC(C)(C)C(=O)NCc1ccc(Cl)c(SC#N)c1Cl.CCOc1nc(N)c(N)cc1C(=O)OC.CCOc1nc2nc(Cc3c(Cl)ccc(CNC(=O)C(C)(C)C)c3Cl)[nH]c2cc1C(=O)NCC1CC1.CCOc1nc2nc(Cc3c(Cl)ccc(CNC(=O)C(C)(C)C)c3Cl)[nH]c2cc1C(=O)O.CCOc1nc2nc(Cc3c(Cl)ccc(CNC(=O)C(C)(C)C)c3Cl)[nH]c2cc1C(=O)OC.NCC1CC1.[2H][I-]C.[Na+].[OH-]. The number of alkyl halides is 1. The fourth-order valence-electron chi connectivity index (χ4n) is 12.5. The number of rotatable bonds is 30. The van der Waals surface area contributed by atoms with Crippen molar-refractivity contribution in [1.82, 2.24) is 76.4 Å². The summed E-state index contributed by atoms with van der Waals surface area (Å²) in [6.45, 7) is 33.3. The normalized spacial score (nSPS) is 12.0. The number of nitrogens with zero attached hydrogens (tertiary/aromatic N) is 8. The molecular weight excluding hydrogens is 2160 g/mol. The van der Waals surface area contributed by atoms with Crippen LogP contribution < -0.4 is 115 Å². The molecule has 0 radical (unpaired) electrons. The third-order valence-corrected chi connectivity index (χ3v) is 25.0. The summed E-state index contributed by atoms with van der Waals surface area (Å²) in [5, 5.41) is 38.2. The summed E-state index contributed by atoms with van der Waals surface area (Å²) in [6.07, 6.45) is 5.95. The second kappa shape index (κ2) is 57.5. The first kappa shape index (κ1) is 123. The van der Waals surface area contributed by atoms with E-state index in [0.717, 1.165) is 59.3 Å². The number of methoxy groups -OCH3 is 2. The molecule has 35 nitrogen and oxygen atoms in total. The number of hydrogen-bond donors (Lipinski definition) is 12. The minimum Gasteiger partial charge on any atom is -0.870 e. The van der Waals surface area contributed by atoms with Crippen LogP contribution in [0.4, 0.5) is 11.5 Å². The number of fused-ring (bicyclic) bond motifs is 3. The summed E-state index contributed by atoms with van der Waals surface area (Å²) in [4.78, 5) is 139. The number of benzene rings is 4. The van der Waals surface area contributed by atoms with Crippen molar-refractivity contribution in [2.75, 3.05) is 70.1 Å². The number of esters is 2. The van der Waals surface area contributed by atoms with Crippen molar-refractivity contribution in [3.05, 3.63) is 192 Å². The molecule has 776 valence electrons. The number of nitrogens with one attached hydrogen (secondary N) is 8. The van der Waals surface area contributed by atoms with E-state index in [9.17, 15) is 43.5 Å². The number of carbonyl (C=O) groups is 8. The maximum absolute atomic E-state index is 12.8. The number of amides is 5. The number of nitriles is 1. The van der Waals surface area contributed by atoms with Gasteiger partial charge in [0.05, 0.1) is 92.9 Å². The van der Waals surface area contributed by atoms with E-state index >= 15 is 0 Å². The van der Waals surface area contributed by atoms with E-state index in [2.05, 4.69) is 81.2 Å². The number of anilines is 2. The van der Waals surface area contributed by atoms with Crippen molar-refractivity contribution in [2.24, 2.45) is 39.2 Å². The second-order valence-electron chi connectivity index (χ2n) is 36.2. The van der Waals surface area contributed by atoms with Gasteiger partial charge < -0.3 is 97.7 Å². The minimum absolute atomic E-state index is 0. The number of carboxylic acids is 1. The van der Waals surface area contributed by atoms with Gasteiger partial charge in [-0.25, -0.2) is 29.3 Å². The number of aromatic amines is 3. The molecule has 2 fully saturated rings. The van der Waals surface area contributed by atoms with Gasteiger partial charge in [-0.3, -0.25) is 24.0 Å². The fourth-order valence-corrected chi connectivity index (χ4v) is 15.3. The predicted molar refractivity (Wildman–Crippen MR) is 556 cm³/mol. The molecule has 0 aliphatic heterocycles. The van der Waals surface area contributed by atoms with Crippen molar-refractivity contribution in [3.8, 4) is 28.9 Å². The standard InChI is InChI=1S/C26H31Cl2N5O3.C23H26Cl2N4O4.C22H24Cl2N4O4.C13H14Cl2N2OS.C9H13N3O3.C4H9N.CH4I.Na.H2O/c1-5-36-24-17(23(34)29-12-14-6-7-14)10-19-22(33-24)32-20(31-19)11-16-18(27)9-8-15(21(16)28)13-30-25(35)26(2,3)4;1-6-33-20-14(21(30)32-5)9-16-19(29-20)28-17(27-16)10-13-15(24)8-7-12(18(13)25)11-26-22(31)23(2,3)4;1-5-32-19-13(20(29)30)8-15-18(28-19)27-16(26-15)9-12-14(23)7-6-11(17(12)24)10-25-21(31)22(2,3)4;1-13(2,3)12(18)17-6-8-4-5-9(14)11(10(8)15)19-7-16;1-3-15-8-5(9(13)14-2)4-6(10)7(11)12-8;5-3-4-1-2-4;1-2;;/h8-10,14H,5-7,11-13H2,1-4H3,(H,29,34)(H,30,35)(H,31,32,33);7-9H,6,10-11H2,1-5H3,(H,26,31)(H,27,28,29);6-8H,5,9-10H2,1-4H3,(H,25,31)(H,29,30)(H,26,27,28);4-5H,6H2,1-3H3,(H,17,18);4H,3,10H2,1-2H3,(H2,11,12);4H,1-3,5H2;2H,1H3;;1H2/q;;;;;;-1;+1;/p-1/i;;;;;;2D;;. The maximum atomic E-state index is 12.8. The van der Waals surface area contributed by atoms with Crippen molar-refractivity contribution in [2.45, 2.75) is 187 Å². The van der Waals surface area contributed by atoms with Crippen LogP contribution in [0.1, 0.15) is 234 Å². The van der Waals surface area contributed by atoms with Crippen LogP contribution in [0.5, 0.6) is 23.5 Å². The molecule has 0 bridgehead atoms. The van der Waals surface area contributed by atoms with Gasteiger partial charge in [-0.1, -0.05) is 200 Å². The van der Waals surface area contributed by atoms with Gasteiger partial charge in [-0.2, -0.15) is 25.2 Å². The van der Waals surface area contributed by atoms with Crippen LogP contribution in [0, 0.1) is 44.2 Å². The molecule has 7 aromatic heterocycles. The van der Waals surface area contributed by atoms with Crippen molar-refractivity contribution in [3.63, 3.8) is 0 Å². The number of carboxylic acid groups (broad SMARTS) is 1. The molecule has 13 rings (SSSR count). The summed E-state index contributed by atoms with van der Waals surface area (Å²) in [5.74, 6) is 1.05. The van der Waals surface area contributed by atoms with Gasteiger partial charge in [-0.15, -0.1) is 0 Å². The number of carbonyl (C=O) groups excluding carboxylic acids is 7. The topological polar surface area (TPSA) is 542 Å². The molecule has 5 amide bonds. The van der Waals surface area contributed by atoms with Gasteiger partial charge in [0.1, 0.15) is 45.1 Å². The van der Waals surface area contributed by atoms with E-state index in [4.69, 9.17) is 140 Å². The number of aromatic nitrogens is 10. The first-order valence-electron chi connectivity index (χ1n) is 45.4. The molecule has 4 aromatic carbocycles. The smallest absolute Gasteiger partial charge is 0.870 e. The fraction of sp³-hybridized carbons (Fsp3) is 0.429. The van der Waals surface area contributed by atoms with Crippen LogP contribution >= 0.6 is 105 Å². The molecule has 0 saturated heterocycles. The van der Waals surface area contributed by atoms with E-state index in [1.807, 2.05) is 100 Å². The largest absolute Gasteiger partial charge is 1.00 e. The number of H-pyrrole nitrogens is 3. The predicted octanol–water partition coefficient (Wildman–Crippen LogP) is 13.1. The zero-order valence-corrected chi connectivity index (χ0v) is 94.9. The van der Waals surface area contributed by atoms with E-state index in [-0.39, 0.29) is 171 Å². The van der Waals surface area contributed by atoms with Gasteiger partial charge in [0.15, 0.2) is 22.8 Å². The minimum atomic E-state index is -1.14. The van der Waals surface area contributed by atoms with Gasteiger partial charge in [-0.05, 0) is 171 Å². The van der Waals surface area contributed by atoms with Crippen LogP contribution in [0.3, 0.4) is 0 Å². The van der Waals surface area contributed by atoms with Gasteiger partial charge in [0.2, 0.25) is 47.1 Å². The molecule has 16 N–H and O–H groups in total. The van der Waals surface area contributed by atoms with Crippen molar-refractivity contribution in [1.29, 1.82) is 5.86 Å². The Hall–Kier alpha value is -9.74. The summed E-state index contributed by atoms with van der Waals surface area (Å²) in [7, 11) is 2.56. The van der Waals surface area contributed by atoms with Gasteiger partial charge in [0, 0.05) is 88.7 Å². The molecule has 2 aliphatic rings. The Labute approximate surface area is 917 Å². The van der Waals surface area contributed by atoms with E-state index in [1.54, 1.807) is 81.4 Å². The average Bonchev–Trinajstić information content (AvgIpc) is 1.65. The molecule has 0 unspecified atom stereocenters. The number of hydrogen-bond acceptors (Lipinski definition) is 27. The van der Waals surface area contributed by atoms with E-state index < -0.39 is 39.6 Å². The number of ether oxygens (including phenoxy) is 6. The van der Waals surface area contributed by atoms with Gasteiger partial charge in [0.25, 0.3) is 5.91 Å². The summed E-state index contributed by atoms with van der Waals surface area (Å²) in [6, 6.07) is 20.1. The van der Waals surface area contributed by atoms with Crippen LogP contribution in [0.25, 0.3) is 33.5 Å². The number of pyridine rings is 4. The number of halogens is 9. The van der Waals surface area contributed by atoms with Crippen LogP contribution in [-0.2, 0) is 74.1 Å². The molecule has 7 heterocycles.